The van der Waals surface area contributed by atoms with Crippen molar-refractivity contribution in [3.63, 3.8) is 0 Å². The summed E-state index contributed by atoms with van der Waals surface area (Å²) < 4.78 is 6.85. The lowest BCUT2D eigenvalue weighted by Crippen LogP contribution is -2.54. The van der Waals surface area contributed by atoms with Crippen molar-refractivity contribution in [3.8, 4) is 0 Å². The fraction of sp³-hybridized carbons (Fsp3) is 0.636. The Balaban J connectivity index is 4.59. The van der Waals surface area contributed by atoms with Gasteiger partial charge in [0, 0.05) is 12.3 Å². The largest absolute Gasteiger partial charge is 0.379 e. The Morgan fingerprint density at radius 3 is 2.72 bits per heavy atom. The van der Waals surface area contributed by atoms with Crippen LogP contribution in [0.25, 0.3) is 0 Å². The molecule has 0 aromatic rings. The summed E-state index contributed by atoms with van der Waals surface area (Å²) in [5.41, 5.74) is 1.79. The lowest BCUT2D eigenvalue weighted by molar-refractivity contribution is -0.128. The van der Waals surface area contributed by atoms with E-state index in [0.717, 1.165) is 0 Å². The van der Waals surface area contributed by atoms with Crippen molar-refractivity contribution in [1.82, 2.24) is 16.0 Å². The number of primary amides is 1. The number of carbonyl (C=O) groups excluding carboxylic acids is 2. The Labute approximate surface area is 114 Å². The Morgan fingerprint density at radius 1 is 1.50 bits per heavy atom. The van der Waals surface area contributed by atoms with E-state index in [1.807, 2.05) is 13.2 Å². The summed E-state index contributed by atoms with van der Waals surface area (Å²) in [7, 11) is 1.67. The van der Waals surface area contributed by atoms with Gasteiger partial charge in [0.05, 0.1) is 0 Å². The van der Waals surface area contributed by atoms with Crippen LogP contribution in [0.4, 0.5) is 0 Å². The summed E-state index contributed by atoms with van der Waals surface area (Å²) in [4.78, 5) is 23.5. The zero-order valence-corrected chi connectivity index (χ0v) is 11.8. The van der Waals surface area contributed by atoms with Gasteiger partial charge in [-0.25, -0.2) is 0 Å². The van der Waals surface area contributed by atoms with Gasteiger partial charge in [0.15, 0.2) is 1.41 Å². The van der Waals surface area contributed by atoms with Gasteiger partial charge in [0.25, 0.3) is 0 Å². The van der Waals surface area contributed by atoms with Crippen molar-refractivity contribution in [1.29, 1.82) is 0 Å². The maximum atomic E-state index is 12.1. The van der Waals surface area contributed by atoms with Crippen molar-refractivity contribution in [2.24, 2.45) is 5.73 Å². The summed E-state index contributed by atoms with van der Waals surface area (Å²) in [6.07, 6.45) is 5.39. The Hall–Kier alpha value is -1.21. The van der Waals surface area contributed by atoms with Crippen LogP contribution in [0.15, 0.2) is 12.3 Å². The van der Waals surface area contributed by atoms with Gasteiger partial charge in [-0.15, -0.1) is 0 Å². The molecule has 0 saturated heterocycles. The second-order valence-electron chi connectivity index (χ2n) is 3.66. The number of likely N-dealkylation sites (N-methyl/N-ethyl adjacent to an activating group) is 1. The predicted molar refractivity (Wildman–Crippen MR) is 75.2 cm³/mol. The Morgan fingerprint density at radius 2 is 2.22 bits per heavy atom. The number of allylic oxidation sites excluding steroid dienone is 1. The molecule has 0 aromatic carbocycles. The molecule has 0 spiro atoms. The fourth-order valence-electron chi connectivity index (χ4n) is 1.26. The fourth-order valence-corrected chi connectivity index (χ4v) is 1.85. The smallest absolute Gasteiger partial charge is 0.244 e. The Bertz CT molecular complexity index is 315. The van der Waals surface area contributed by atoms with Crippen molar-refractivity contribution in [2.75, 3.05) is 25.6 Å². The molecule has 18 heavy (non-hydrogen) atoms. The van der Waals surface area contributed by atoms with Crippen molar-refractivity contribution >= 4 is 23.6 Å². The molecule has 0 aromatic heterocycles. The third-order valence-corrected chi connectivity index (χ3v) is 2.82. The van der Waals surface area contributed by atoms with E-state index in [2.05, 4.69) is 16.0 Å². The number of hydrogen-bond donors (Lipinski definition) is 4. The Kier molecular flexibility index (Phi) is 8.07. The average molecular weight is 276 g/mol. The van der Waals surface area contributed by atoms with Gasteiger partial charge in [-0.2, -0.15) is 11.8 Å². The van der Waals surface area contributed by atoms with E-state index in [1.54, 1.807) is 25.1 Å². The maximum Gasteiger partial charge on any atom is 0.244 e. The van der Waals surface area contributed by atoms with E-state index in [0.29, 0.717) is 5.75 Å². The van der Waals surface area contributed by atoms with Crippen LogP contribution in [-0.2, 0) is 9.59 Å². The van der Waals surface area contributed by atoms with Crippen molar-refractivity contribution in [2.45, 2.75) is 19.0 Å². The minimum Gasteiger partial charge on any atom is -0.379 e. The number of hydrogen-bond acceptors (Lipinski definition) is 5. The van der Waals surface area contributed by atoms with Gasteiger partial charge >= 0.3 is 0 Å². The van der Waals surface area contributed by atoms with E-state index in [-0.39, 0.29) is 12.5 Å². The van der Waals surface area contributed by atoms with E-state index in [9.17, 15) is 9.59 Å². The highest BCUT2D eigenvalue weighted by molar-refractivity contribution is 7.98. The first-order valence-electron chi connectivity index (χ1n) is 6.13. The van der Waals surface area contributed by atoms with E-state index in [1.165, 1.54) is 11.8 Å². The average Bonchev–Trinajstić information content (AvgIpc) is 2.41. The molecule has 2 atom stereocenters. The summed E-state index contributed by atoms with van der Waals surface area (Å²) in [5, 5.41) is 8.39. The molecule has 0 fully saturated rings. The minimum absolute atomic E-state index is 0.267. The highest BCUT2D eigenvalue weighted by Crippen LogP contribution is 1.98. The molecular formula is C11H22N4O2S. The zero-order valence-electron chi connectivity index (χ0n) is 11.9. The topological polar surface area (TPSA) is 96.2 Å². The molecule has 0 unspecified atom stereocenters. The SMILES string of the molecule is [3H]NC(=O)[C@H](CNC)NC(=O)[C@H](CSC)NC=CC. The van der Waals surface area contributed by atoms with Crippen LogP contribution in [0.5, 0.6) is 0 Å². The molecule has 0 aliphatic carbocycles. The minimum atomic E-state index is -0.758. The molecule has 7 heteroatoms. The number of nitrogens with one attached hydrogen (secondary N) is 3. The van der Waals surface area contributed by atoms with Crippen LogP contribution in [-0.4, -0.2) is 49.5 Å². The summed E-state index contributed by atoms with van der Waals surface area (Å²) in [5.74, 6) is -0.224. The molecular weight excluding hydrogens is 252 g/mol. The number of nitrogens with two attached hydrogens (primary N) is 1. The lowest BCUT2D eigenvalue weighted by atomic mass is 10.2. The highest BCUT2D eigenvalue weighted by Gasteiger charge is 2.22. The summed E-state index contributed by atoms with van der Waals surface area (Å²) in [6.45, 7) is 2.12. The normalized spacial score (nSPS) is 14.7. The second kappa shape index (κ2) is 9.78. The van der Waals surface area contributed by atoms with Crippen LogP contribution >= 0.6 is 11.8 Å². The molecule has 104 valence electrons. The molecule has 0 bridgehead atoms. The quantitative estimate of drug-likeness (QED) is 0.434. The van der Waals surface area contributed by atoms with Gasteiger partial charge in [-0.1, -0.05) is 6.08 Å². The third-order valence-electron chi connectivity index (χ3n) is 2.16. The van der Waals surface area contributed by atoms with Crippen LogP contribution in [0, 0.1) is 0 Å². The molecule has 2 amide bonds. The van der Waals surface area contributed by atoms with Crippen LogP contribution < -0.4 is 21.7 Å². The van der Waals surface area contributed by atoms with Gasteiger partial charge in [-0.3, -0.25) is 9.59 Å². The van der Waals surface area contributed by atoms with Crippen LogP contribution in [0.2, 0.25) is 1.41 Å². The molecule has 0 aliphatic rings. The van der Waals surface area contributed by atoms with E-state index >= 15 is 0 Å². The third kappa shape index (κ3) is 6.51. The molecule has 0 heterocycles. The molecule has 5 N–H and O–H groups in total. The lowest BCUT2D eigenvalue weighted by Gasteiger charge is -2.20. The summed E-state index contributed by atoms with van der Waals surface area (Å²) >= 11 is 1.53. The van der Waals surface area contributed by atoms with Gasteiger partial charge in [-0.05, 0) is 26.4 Å². The summed E-state index contributed by atoms with van der Waals surface area (Å²) in [6, 6.07) is -1.17. The highest BCUT2D eigenvalue weighted by atomic mass is 32.2. The molecule has 0 aliphatic heterocycles. The standard InChI is InChI=1S/C11H22N4O2S/c1-4-5-14-9(7-18-3)11(17)15-8(6-13-2)10(12)16/h4-5,8-9,13-14H,6-7H2,1-3H3,(H2,12,16)(H,15,17)/t8-,9-/m0/s1/i/hT. The monoisotopic (exact) mass is 276 g/mol. The van der Waals surface area contributed by atoms with Gasteiger partial charge < -0.3 is 21.7 Å². The first kappa shape index (κ1) is 14.8. The van der Waals surface area contributed by atoms with Gasteiger partial charge in [0.1, 0.15) is 12.1 Å². The predicted octanol–water partition coefficient (Wildman–Crippen LogP) is -0.969. The van der Waals surface area contributed by atoms with Crippen LogP contribution in [0.1, 0.15) is 6.92 Å². The molecule has 0 saturated carbocycles. The van der Waals surface area contributed by atoms with Gasteiger partial charge in [0.2, 0.25) is 11.8 Å². The van der Waals surface area contributed by atoms with Crippen molar-refractivity contribution in [3.05, 3.63) is 12.3 Å². The molecule has 0 rings (SSSR count). The number of rotatable bonds is 9. The van der Waals surface area contributed by atoms with E-state index in [4.69, 9.17) is 1.41 Å². The number of carbonyl (C=O) groups is 2. The second-order valence-corrected chi connectivity index (χ2v) is 4.57. The number of thioether (sulfide) groups is 1. The van der Waals surface area contributed by atoms with Crippen molar-refractivity contribution < 1.29 is 11.0 Å². The first-order chi connectivity index (χ1) is 9.10. The first-order valence-corrected chi connectivity index (χ1v) is 7.02. The maximum absolute atomic E-state index is 12.1. The molecule has 0 radical (unpaired) electrons. The molecule has 6 nitrogen and oxygen atoms in total. The van der Waals surface area contributed by atoms with E-state index < -0.39 is 18.0 Å². The number of amides is 2. The van der Waals surface area contributed by atoms with Crippen LogP contribution in [0.3, 0.4) is 0 Å². The zero-order chi connectivity index (χ0) is 14.7.